The Morgan fingerprint density at radius 3 is 2.55 bits per heavy atom. The number of hydrogen-bond acceptors (Lipinski definition) is 5. The van der Waals surface area contributed by atoms with Gasteiger partial charge in [-0.3, -0.25) is 4.72 Å². The molecular formula is C14H16N2O5S. The molecule has 1 aromatic heterocycles. The molecule has 7 nitrogen and oxygen atoms in total. The first kappa shape index (κ1) is 15.9. The molecule has 1 N–H and O–H groups in total. The van der Waals surface area contributed by atoms with Crippen molar-refractivity contribution in [1.29, 1.82) is 0 Å². The first-order valence-electron chi connectivity index (χ1n) is 6.29. The maximum atomic E-state index is 12.4. The summed E-state index contributed by atoms with van der Waals surface area (Å²) in [6.45, 7) is 0. The zero-order valence-corrected chi connectivity index (χ0v) is 13.2. The molecule has 118 valence electrons. The van der Waals surface area contributed by atoms with Gasteiger partial charge < -0.3 is 14.0 Å². The second-order valence-corrected chi connectivity index (χ2v) is 6.15. The normalized spacial score (nSPS) is 11.0. The third-order valence-corrected chi connectivity index (χ3v) is 4.37. The number of carbonyl (C=O) groups is 1. The first-order chi connectivity index (χ1) is 10.4. The predicted octanol–water partition coefficient (Wildman–Crippen LogP) is 1.62. The van der Waals surface area contributed by atoms with Crippen molar-refractivity contribution in [2.75, 3.05) is 18.9 Å². The fraction of sp³-hybridized carbons (Fsp3) is 0.214. The van der Waals surface area contributed by atoms with Crippen molar-refractivity contribution in [2.45, 2.75) is 4.90 Å². The van der Waals surface area contributed by atoms with E-state index in [2.05, 4.69) is 9.46 Å². The third kappa shape index (κ3) is 3.06. The number of hydrogen-bond donors (Lipinski definition) is 1. The number of nitrogens with zero attached hydrogens (tertiary/aromatic N) is 1. The van der Waals surface area contributed by atoms with E-state index in [0.29, 0.717) is 11.4 Å². The Kier molecular flexibility index (Phi) is 4.41. The fourth-order valence-corrected chi connectivity index (χ4v) is 3.06. The Hall–Kier alpha value is -2.48. The Morgan fingerprint density at radius 2 is 1.91 bits per heavy atom. The number of nitrogens with one attached hydrogen (secondary N) is 1. The highest BCUT2D eigenvalue weighted by molar-refractivity contribution is 7.92. The summed E-state index contributed by atoms with van der Waals surface area (Å²) in [5, 5.41) is 0. The van der Waals surface area contributed by atoms with Crippen LogP contribution in [0.4, 0.5) is 5.69 Å². The number of aryl methyl sites for hydroxylation is 1. The number of methoxy groups -OCH3 is 2. The van der Waals surface area contributed by atoms with Crippen LogP contribution in [0, 0.1) is 0 Å². The molecule has 0 aliphatic carbocycles. The van der Waals surface area contributed by atoms with Gasteiger partial charge >= 0.3 is 5.97 Å². The molecule has 0 saturated heterocycles. The van der Waals surface area contributed by atoms with Crippen LogP contribution in [0.2, 0.25) is 0 Å². The van der Waals surface area contributed by atoms with Crippen LogP contribution in [-0.4, -0.2) is 33.2 Å². The summed E-state index contributed by atoms with van der Waals surface area (Å²) < 4.78 is 38.4. The smallest absolute Gasteiger partial charge is 0.354 e. The zero-order valence-electron chi connectivity index (χ0n) is 12.4. The Bertz CT molecular complexity index is 795. The number of sulfonamides is 1. The lowest BCUT2D eigenvalue weighted by atomic mass is 10.3. The van der Waals surface area contributed by atoms with Crippen LogP contribution < -0.4 is 9.46 Å². The van der Waals surface area contributed by atoms with Crippen molar-refractivity contribution >= 4 is 21.7 Å². The average molecular weight is 324 g/mol. The summed E-state index contributed by atoms with van der Waals surface area (Å²) in [5.74, 6) is -0.212. The van der Waals surface area contributed by atoms with Gasteiger partial charge in [-0.2, -0.15) is 0 Å². The van der Waals surface area contributed by atoms with Crippen molar-refractivity contribution in [3.8, 4) is 5.75 Å². The number of anilines is 1. The molecule has 8 heteroatoms. The molecule has 22 heavy (non-hydrogen) atoms. The van der Waals surface area contributed by atoms with Crippen LogP contribution in [-0.2, 0) is 21.8 Å². The summed E-state index contributed by atoms with van der Waals surface area (Å²) >= 11 is 0. The topological polar surface area (TPSA) is 86.6 Å². The average Bonchev–Trinajstić information content (AvgIpc) is 2.89. The minimum atomic E-state index is -3.85. The summed E-state index contributed by atoms with van der Waals surface area (Å²) in [6.07, 6.45) is 1.34. The SMILES string of the molecule is COC(=O)c1cc(S(=O)(=O)Nc2ccccc2OC)cn1C. The molecule has 0 amide bonds. The number of benzene rings is 1. The second kappa shape index (κ2) is 6.10. The highest BCUT2D eigenvalue weighted by Crippen LogP contribution is 2.26. The molecule has 1 aromatic carbocycles. The predicted molar refractivity (Wildman–Crippen MR) is 80.6 cm³/mol. The fourth-order valence-electron chi connectivity index (χ4n) is 1.92. The summed E-state index contributed by atoms with van der Waals surface area (Å²) in [5.41, 5.74) is 0.455. The van der Waals surface area contributed by atoms with Gasteiger partial charge in [-0.1, -0.05) is 12.1 Å². The van der Waals surface area contributed by atoms with Crippen LogP contribution in [0.1, 0.15) is 10.5 Å². The van der Waals surface area contributed by atoms with E-state index in [9.17, 15) is 13.2 Å². The molecule has 0 radical (unpaired) electrons. The first-order valence-corrected chi connectivity index (χ1v) is 7.78. The largest absolute Gasteiger partial charge is 0.495 e. The number of esters is 1. The zero-order chi connectivity index (χ0) is 16.3. The van der Waals surface area contributed by atoms with Crippen molar-refractivity contribution in [1.82, 2.24) is 4.57 Å². The minimum absolute atomic E-state index is 0.0405. The van der Waals surface area contributed by atoms with E-state index in [4.69, 9.17) is 4.74 Å². The molecule has 0 aliphatic heterocycles. The molecule has 0 bridgehead atoms. The molecule has 0 fully saturated rings. The van der Waals surface area contributed by atoms with Crippen molar-refractivity contribution in [3.63, 3.8) is 0 Å². The summed E-state index contributed by atoms with van der Waals surface area (Å²) in [6, 6.07) is 7.90. The molecule has 0 atom stereocenters. The lowest BCUT2D eigenvalue weighted by Crippen LogP contribution is -2.13. The van der Waals surface area contributed by atoms with Crippen LogP contribution in [0.25, 0.3) is 0 Å². The Balaban J connectivity index is 2.37. The molecule has 2 aromatic rings. The monoisotopic (exact) mass is 324 g/mol. The molecule has 0 saturated carbocycles. The van der Waals surface area contributed by atoms with Crippen molar-refractivity contribution in [3.05, 3.63) is 42.2 Å². The number of para-hydroxylation sites is 2. The quantitative estimate of drug-likeness (QED) is 0.845. The Labute approximate surface area is 128 Å². The van der Waals surface area contributed by atoms with E-state index >= 15 is 0 Å². The van der Waals surface area contributed by atoms with Gasteiger partial charge in [-0.25, -0.2) is 13.2 Å². The van der Waals surface area contributed by atoms with Crippen LogP contribution in [0.3, 0.4) is 0 Å². The van der Waals surface area contributed by atoms with E-state index in [1.54, 1.807) is 31.3 Å². The van der Waals surface area contributed by atoms with Crippen LogP contribution in [0.5, 0.6) is 5.75 Å². The highest BCUT2D eigenvalue weighted by atomic mass is 32.2. The van der Waals surface area contributed by atoms with Gasteiger partial charge in [-0.15, -0.1) is 0 Å². The number of aromatic nitrogens is 1. The maximum absolute atomic E-state index is 12.4. The van der Waals surface area contributed by atoms with E-state index in [0.717, 1.165) is 0 Å². The molecule has 0 unspecified atom stereocenters. The standard InChI is InChI=1S/C14H16N2O5S/c1-16-9-10(8-12(16)14(17)21-3)22(18,19)15-11-6-4-5-7-13(11)20-2/h4-9,15H,1-3H3. The number of ether oxygens (including phenoxy) is 2. The van der Waals surface area contributed by atoms with Gasteiger partial charge in [0.2, 0.25) is 0 Å². The molecule has 1 heterocycles. The lowest BCUT2D eigenvalue weighted by molar-refractivity contribution is 0.0590. The highest BCUT2D eigenvalue weighted by Gasteiger charge is 2.22. The molecular weight excluding hydrogens is 308 g/mol. The third-order valence-electron chi connectivity index (χ3n) is 3.04. The summed E-state index contributed by atoms with van der Waals surface area (Å²) in [7, 11) is 0.398. The van der Waals surface area contributed by atoms with Crippen molar-refractivity contribution < 1.29 is 22.7 Å². The minimum Gasteiger partial charge on any atom is -0.495 e. The summed E-state index contributed by atoms with van der Waals surface area (Å²) in [4.78, 5) is 11.5. The van der Waals surface area contributed by atoms with Gasteiger partial charge in [0.05, 0.1) is 19.9 Å². The van der Waals surface area contributed by atoms with E-state index in [1.165, 1.54) is 31.0 Å². The van der Waals surface area contributed by atoms with Gasteiger partial charge in [0.1, 0.15) is 16.3 Å². The van der Waals surface area contributed by atoms with Gasteiger partial charge in [-0.05, 0) is 18.2 Å². The lowest BCUT2D eigenvalue weighted by Gasteiger charge is -2.10. The van der Waals surface area contributed by atoms with Gasteiger partial charge in [0, 0.05) is 13.2 Å². The van der Waals surface area contributed by atoms with E-state index < -0.39 is 16.0 Å². The van der Waals surface area contributed by atoms with Crippen LogP contribution in [0.15, 0.2) is 41.4 Å². The van der Waals surface area contributed by atoms with E-state index in [1.807, 2.05) is 0 Å². The number of rotatable bonds is 5. The van der Waals surface area contributed by atoms with Crippen molar-refractivity contribution in [2.24, 2.45) is 7.05 Å². The van der Waals surface area contributed by atoms with Gasteiger partial charge in [0.25, 0.3) is 10.0 Å². The molecule has 2 rings (SSSR count). The Morgan fingerprint density at radius 1 is 1.23 bits per heavy atom. The van der Waals surface area contributed by atoms with E-state index in [-0.39, 0.29) is 10.6 Å². The molecule has 0 aliphatic rings. The second-order valence-electron chi connectivity index (χ2n) is 4.47. The van der Waals surface area contributed by atoms with Crippen LogP contribution >= 0.6 is 0 Å². The molecule has 0 spiro atoms. The van der Waals surface area contributed by atoms with Gasteiger partial charge in [0.15, 0.2) is 0 Å². The number of carbonyl (C=O) groups excluding carboxylic acids is 1. The maximum Gasteiger partial charge on any atom is 0.354 e.